The first kappa shape index (κ1) is 16.9. The molecule has 6 nitrogen and oxygen atoms in total. The van der Waals surface area contributed by atoms with E-state index in [0.717, 1.165) is 21.7 Å². The molecule has 0 unspecified atom stereocenters. The molecule has 0 atom stereocenters. The van der Waals surface area contributed by atoms with E-state index in [1.165, 1.54) is 22.0 Å². The van der Waals surface area contributed by atoms with Gasteiger partial charge in [-0.15, -0.1) is 21.5 Å². The number of nitrogen functional groups attached to an aromatic ring is 1. The van der Waals surface area contributed by atoms with Gasteiger partial charge >= 0.3 is 0 Å². The van der Waals surface area contributed by atoms with Crippen LogP contribution in [-0.2, 0) is 5.75 Å². The summed E-state index contributed by atoms with van der Waals surface area (Å²) in [6.07, 6.45) is 1.68. The number of hydrogen-bond donors (Lipinski definition) is 1. The Balaban J connectivity index is 1.49. The van der Waals surface area contributed by atoms with Crippen molar-refractivity contribution in [1.82, 2.24) is 19.9 Å². The molecule has 4 aromatic rings. The highest BCUT2D eigenvalue weighted by Gasteiger charge is 2.15. The summed E-state index contributed by atoms with van der Waals surface area (Å²) in [5.41, 5.74) is 4.21. The number of rotatable bonds is 5. The van der Waals surface area contributed by atoms with Crippen molar-refractivity contribution >= 4 is 23.1 Å². The second kappa shape index (κ2) is 6.97. The highest BCUT2D eigenvalue weighted by atomic mass is 32.2. The lowest BCUT2D eigenvalue weighted by molar-refractivity contribution is 0.573. The maximum absolute atomic E-state index is 6.12. The van der Waals surface area contributed by atoms with Crippen LogP contribution >= 0.6 is 23.1 Å². The average molecular weight is 384 g/mol. The topological polar surface area (TPSA) is 82.8 Å². The fraction of sp³-hybridized carbons (Fsp3) is 0.167. The van der Waals surface area contributed by atoms with E-state index in [1.54, 1.807) is 17.6 Å². The summed E-state index contributed by atoms with van der Waals surface area (Å²) in [6, 6.07) is 10.2. The number of aryl methyl sites for hydroxylation is 2. The van der Waals surface area contributed by atoms with Crippen molar-refractivity contribution in [3.05, 3.63) is 58.8 Å². The van der Waals surface area contributed by atoms with Gasteiger partial charge in [0, 0.05) is 11.3 Å². The van der Waals surface area contributed by atoms with Gasteiger partial charge in [0.25, 0.3) is 0 Å². The molecular weight excluding hydrogens is 366 g/mol. The van der Waals surface area contributed by atoms with E-state index in [4.69, 9.17) is 10.3 Å². The number of nitrogens with zero attached hydrogens (tertiary/aromatic N) is 4. The molecule has 3 aromatic heterocycles. The fourth-order valence-electron chi connectivity index (χ4n) is 2.64. The maximum atomic E-state index is 6.12. The third kappa shape index (κ3) is 3.25. The minimum atomic E-state index is 0.605. The molecule has 0 aliphatic carbocycles. The Kier molecular flexibility index (Phi) is 4.52. The van der Waals surface area contributed by atoms with Gasteiger partial charge in [-0.25, -0.2) is 9.66 Å². The molecule has 3 heterocycles. The summed E-state index contributed by atoms with van der Waals surface area (Å²) >= 11 is 3.06. The molecule has 0 aliphatic rings. The molecule has 0 amide bonds. The first-order valence-corrected chi connectivity index (χ1v) is 9.87. The van der Waals surface area contributed by atoms with Crippen molar-refractivity contribution in [2.75, 3.05) is 5.84 Å². The molecule has 132 valence electrons. The van der Waals surface area contributed by atoms with Crippen molar-refractivity contribution in [2.45, 2.75) is 24.8 Å². The molecule has 0 saturated heterocycles. The first-order chi connectivity index (χ1) is 12.6. The number of nitrogens with two attached hydrogens (primary N) is 1. The van der Waals surface area contributed by atoms with Gasteiger partial charge in [-0.05, 0) is 36.9 Å². The predicted octanol–water partition coefficient (Wildman–Crippen LogP) is 4.28. The van der Waals surface area contributed by atoms with Crippen molar-refractivity contribution in [1.29, 1.82) is 0 Å². The third-order valence-electron chi connectivity index (χ3n) is 3.92. The molecule has 1 aromatic carbocycles. The van der Waals surface area contributed by atoms with E-state index in [2.05, 4.69) is 41.2 Å². The molecule has 0 bridgehead atoms. The van der Waals surface area contributed by atoms with E-state index < -0.39 is 0 Å². The zero-order valence-corrected chi connectivity index (χ0v) is 16.0. The maximum Gasteiger partial charge on any atom is 0.226 e. The van der Waals surface area contributed by atoms with Crippen LogP contribution in [0.4, 0.5) is 0 Å². The van der Waals surface area contributed by atoms with E-state index in [9.17, 15) is 0 Å². The van der Waals surface area contributed by atoms with Crippen LogP contribution in [0.1, 0.15) is 16.8 Å². The summed E-state index contributed by atoms with van der Waals surface area (Å²) in [5, 5.41) is 11.0. The minimum Gasteiger partial charge on any atom is -0.444 e. The molecule has 4 rings (SSSR count). The Labute approximate surface area is 159 Å². The summed E-state index contributed by atoms with van der Waals surface area (Å²) in [6.45, 7) is 4.13. The minimum absolute atomic E-state index is 0.605. The van der Waals surface area contributed by atoms with Crippen molar-refractivity contribution in [3.63, 3.8) is 0 Å². The number of thioether (sulfide) groups is 1. The van der Waals surface area contributed by atoms with Crippen molar-refractivity contribution in [3.8, 4) is 22.2 Å². The van der Waals surface area contributed by atoms with E-state index in [-0.39, 0.29) is 0 Å². The highest BCUT2D eigenvalue weighted by molar-refractivity contribution is 7.98. The van der Waals surface area contributed by atoms with Crippen LogP contribution in [0.15, 0.2) is 51.5 Å². The smallest absolute Gasteiger partial charge is 0.226 e. The second-order valence-corrected chi connectivity index (χ2v) is 7.79. The van der Waals surface area contributed by atoms with Gasteiger partial charge in [0.2, 0.25) is 11.0 Å². The molecule has 26 heavy (non-hydrogen) atoms. The predicted molar refractivity (Wildman–Crippen MR) is 104 cm³/mol. The van der Waals surface area contributed by atoms with Crippen molar-refractivity contribution in [2.24, 2.45) is 0 Å². The Bertz CT molecular complexity index is 1040. The van der Waals surface area contributed by atoms with Gasteiger partial charge in [-0.3, -0.25) is 0 Å². The van der Waals surface area contributed by atoms with Crippen LogP contribution in [0.3, 0.4) is 0 Å². The van der Waals surface area contributed by atoms with Gasteiger partial charge < -0.3 is 10.3 Å². The van der Waals surface area contributed by atoms with E-state index in [0.29, 0.717) is 22.6 Å². The molecule has 8 heteroatoms. The number of aromatic nitrogens is 4. The number of benzene rings is 1. The molecule has 2 N–H and O–H groups in total. The Morgan fingerprint density at radius 1 is 1.23 bits per heavy atom. The summed E-state index contributed by atoms with van der Waals surface area (Å²) < 4.78 is 7.17. The number of hydrogen-bond acceptors (Lipinski definition) is 7. The van der Waals surface area contributed by atoms with Crippen LogP contribution in [0, 0.1) is 13.8 Å². The molecular formula is C18H17N5OS2. The largest absolute Gasteiger partial charge is 0.444 e. The van der Waals surface area contributed by atoms with Crippen LogP contribution in [-0.4, -0.2) is 19.9 Å². The van der Waals surface area contributed by atoms with Crippen LogP contribution in [0.5, 0.6) is 0 Å². The summed E-state index contributed by atoms with van der Waals surface area (Å²) in [5.74, 6) is 8.02. The summed E-state index contributed by atoms with van der Waals surface area (Å²) in [4.78, 5) is 5.58. The first-order valence-electron chi connectivity index (χ1n) is 8.01. The fourth-order valence-corrected chi connectivity index (χ4v) is 4.08. The lowest BCUT2D eigenvalue weighted by Crippen LogP contribution is -2.11. The molecule has 0 aliphatic heterocycles. The Morgan fingerprint density at radius 2 is 2.12 bits per heavy atom. The SMILES string of the molecule is Cc1ccc(-c2nc(CSc3nnc(-c4cccs4)n3N)co2)c(C)c1. The number of thiophene rings is 1. The van der Waals surface area contributed by atoms with Gasteiger partial charge in [-0.1, -0.05) is 35.5 Å². The van der Waals surface area contributed by atoms with Crippen molar-refractivity contribution < 1.29 is 4.42 Å². The average Bonchev–Trinajstić information content (AvgIpc) is 3.34. The van der Waals surface area contributed by atoms with E-state index in [1.807, 2.05) is 23.6 Å². The van der Waals surface area contributed by atoms with Gasteiger partial charge in [0.15, 0.2) is 5.82 Å². The highest BCUT2D eigenvalue weighted by Crippen LogP contribution is 2.28. The normalized spacial score (nSPS) is 11.2. The monoisotopic (exact) mass is 383 g/mol. The molecule has 0 fully saturated rings. The molecule has 0 radical (unpaired) electrons. The summed E-state index contributed by atoms with van der Waals surface area (Å²) in [7, 11) is 0. The third-order valence-corrected chi connectivity index (χ3v) is 5.76. The van der Waals surface area contributed by atoms with Gasteiger partial charge in [0.1, 0.15) is 6.26 Å². The van der Waals surface area contributed by atoms with E-state index >= 15 is 0 Å². The zero-order valence-electron chi connectivity index (χ0n) is 14.3. The van der Waals surface area contributed by atoms with Gasteiger partial charge in [0.05, 0.1) is 10.6 Å². The quantitative estimate of drug-likeness (QED) is 0.409. The van der Waals surface area contributed by atoms with Gasteiger partial charge in [-0.2, -0.15) is 0 Å². The Morgan fingerprint density at radius 3 is 2.88 bits per heavy atom. The number of oxazole rings is 1. The second-order valence-electron chi connectivity index (χ2n) is 5.90. The zero-order chi connectivity index (χ0) is 18.1. The van der Waals surface area contributed by atoms with Crippen LogP contribution in [0.2, 0.25) is 0 Å². The molecule has 0 saturated carbocycles. The molecule has 0 spiro atoms. The van der Waals surface area contributed by atoms with Crippen LogP contribution in [0.25, 0.3) is 22.2 Å². The lowest BCUT2D eigenvalue weighted by atomic mass is 10.1. The lowest BCUT2D eigenvalue weighted by Gasteiger charge is -2.02. The van der Waals surface area contributed by atoms with Crippen LogP contribution < -0.4 is 5.84 Å². The standard InChI is InChI=1S/C18H17N5OS2/c1-11-5-6-14(12(2)8-11)17-20-13(9-24-17)10-26-18-22-21-16(23(18)19)15-4-3-7-25-15/h3-9H,10,19H2,1-2H3. The Hall–Kier alpha value is -2.58.